The monoisotopic (exact) mass is 297 g/mol. The minimum atomic E-state index is -0.239. The highest BCUT2D eigenvalue weighted by Crippen LogP contribution is 1.97. The van der Waals surface area contributed by atoms with E-state index in [0.29, 0.717) is 6.61 Å². The topological polar surface area (TPSA) is 63.2 Å². The van der Waals surface area contributed by atoms with Crippen molar-refractivity contribution >= 4 is 11.6 Å². The summed E-state index contributed by atoms with van der Waals surface area (Å²) in [4.78, 5) is 19.4. The van der Waals surface area contributed by atoms with Gasteiger partial charge in [-0.2, -0.15) is 0 Å². The highest BCUT2D eigenvalue weighted by Gasteiger charge is 2.12. The molecule has 1 aliphatic rings. The van der Waals surface area contributed by atoms with E-state index in [4.69, 9.17) is 9.57 Å². The summed E-state index contributed by atoms with van der Waals surface area (Å²) in [5, 5.41) is 6.74. The fourth-order valence-corrected chi connectivity index (χ4v) is 2.08. The van der Waals surface area contributed by atoms with Gasteiger partial charge in [-0.3, -0.25) is 9.69 Å². The molecule has 1 heterocycles. The minimum absolute atomic E-state index is 0.126. The zero-order valence-electron chi connectivity index (χ0n) is 13.1. The number of amides is 1. The lowest BCUT2D eigenvalue weighted by Gasteiger charge is -2.25. The fraction of sp³-hybridized carbons (Fsp3) is 0.733. The molecule has 1 saturated heterocycles. The van der Waals surface area contributed by atoms with Crippen LogP contribution in [0.5, 0.6) is 0 Å². The van der Waals surface area contributed by atoms with Crippen LogP contribution in [-0.2, 0) is 14.4 Å². The Morgan fingerprint density at radius 3 is 2.86 bits per heavy atom. The SMILES string of the molecule is C=C/C(=N\OCCN1CCOCC1)C(=O)NC(C)CCC. The standard InChI is InChI=1S/C15H27N3O3/c1-4-6-13(3)16-15(19)14(5-2)17-21-12-9-18-7-10-20-11-8-18/h5,13H,2,4,6-12H2,1,3H3,(H,16,19)/b17-14+. The third-order valence-corrected chi connectivity index (χ3v) is 3.29. The van der Waals surface area contributed by atoms with E-state index in [1.807, 2.05) is 6.92 Å². The summed E-state index contributed by atoms with van der Waals surface area (Å²) in [6, 6.07) is 0.126. The van der Waals surface area contributed by atoms with Gasteiger partial charge in [0.1, 0.15) is 6.61 Å². The summed E-state index contributed by atoms with van der Waals surface area (Å²) in [6.45, 7) is 12.3. The number of rotatable bonds is 9. The first-order valence-corrected chi connectivity index (χ1v) is 7.60. The van der Waals surface area contributed by atoms with E-state index >= 15 is 0 Å². The van der Waals surface area contributed by atoms with E-state index in [2.05, 4.69) is 28.9 Å². The molecule has 0 aromatic carbocycles. The van der Waals surface area contributed by atoms with Gasteiger partial charge in [0.2, 0.25) is 0 Å². The Morgan fingerprint density at radius 2 is 2.24 bits per heavy atom. The van der Waals surface area contributed by atoms with Gasteiger partial charge >= 0.3 is 0 Å². The molecule has 1 unspecified atom stereocenters. The molecule has 0 aromatic heterocycles. The van der Waals surface area contributed by atoms with Gasteiger partial charge in [0.25, 0.3) is 5.91 Å². The third-order valence-electron chi connectivity index (χ3n) is 3.29. The summed E-state index contributed by atoms with van der Waals surface area (Å²) >= 11 is 0. The maximum atomic E-state index is 11.9. The zero-order valence-corrected chi connectivity index (χ0v) is 13.1. The number of oxime groups is 1. The summed E-state index contributed by atoms with van der Waals surface area (Å²) in [5.74, 6) is -0.239. The normalized spacial score (nSPS) is 18.1. The maximum Gasteiger partial charge on any atom is 0.273 e. The summed E-state index contributed by atoms with van der Waals surface area (Å²) in [6.07, 6.45) is 3.38. The zero-order chi connectivity index (χ0) is 15.5. The van der Waals surface area contributed by atoms with E-state index in [0.717, 1.165) is 45.7 Å². The number of hydrogen-bond acceptors (Lipinski definition) is 5. The predicted molar refractivity (Wildman–Crippen MR) is 83.4 cm³/mol. The maximum absolute atomic E-state index is 11.9. The Labute approximate surface area is 127 Å². The van der Waals surface area contributed by atoms with Gasteiger partial charge < -0.3 is 14.9 Å². The lowest BCUT2D eigenvalue weighted by Crippen LogP contribution is -2.38. The van der Waals surface area contributed by atoms with Crippen LogP contribution in [0.4, 0.5) is 0 Å². The molecule has 21 heavy (non-hydrogen) atoms. The summed E-state index contributed by atoms with van der Waals surface area (Å²) < 4.78 is 5.27. The largest absolute Gasteiger partial charge is 0.394 e. The Morgan fingerprint density at radius 1 is 1.52 bits per heavy atom. The van der Waals surface area contributed by atoms with Crippen LogP contribution in [0.2, 0.25) is 0 Å². The lowest BCUT2D eigenvalue weighted by atomic mass is 10.2. The molecule has 0 radical (unpaired) electrons. The molecule has 0 bridgehead atoms. The van der Waals surface area contributed by atoms with Crippen molar-refractivity contribution in [3.8, 4) is 0 Å². The Hall–Kier alpha value is -1.40. The van der Waals surface area contributed by atoms with Crippen LogP contribution in [-0.4, -0.2) is 62.0 Å². The molecule has 1 N–H and O–H groups in total. The van der Waals surface area contributed by atoms with Crippen molar-refractivity contribution < 1.29 is 14.4 Å². The van der Waals surface area contributed by atoms with Crippen molar-refractivity contribution in [2.24, 2.45) is 5.16 Å². The van der Waals surface area contributed by atoms with Gasteiger partial charge in [-0.05, 0) is 19.4 Å². The molecule has 1 amide bonds. The number of nitrogens with zero attached hydrogens (tertiary/aromatic N) is 2. The minimum Gasteiger partial charge on any atom is -0.394 e. The number of hydrogen-bond donors (Lipinski definition) is 1. The molecule has 0 saturated carbocycles. The highest BCUT2D eigenvalue weighted by molar-refractivity contribution is 6.43. The Kier molecular flexibility index (Phi) is 8.69. The molecule has 1 rings (SSSR count). The average Bonchev–Trinajstić information content (AvgIpc) is 2.48. The van der Waals surface area contributed by atoms with Crippen LogP contribution in [0.3, 0.4) is 0 Å². The summed E-state index contributed by atoms with van der Waals surface area (Å²) in [5.41, 5.74) is 0.222. The Bertz CT molecular complexity index is 352. The van der Waals surface area contributed by atoms with E-state index in [1.165, 1.54) is 6.08 Å². The number of nitrogens with one attached hydrogen (secondary N) is 1. The fourth-order valence-electron chi connectivity index (χ4n) is 2.08. The first-order valence-electron chi connectivity index (χ1n) is 7.60. The van der Waals surface area contributed by atoms with Crippen LogP contribution in [0.25, 0.3) is 0 Å². The molecular weight excluding hydrogens is 270 g/mol. The van der Waals surface area contributed by atoms with Crippen LogP contribution in [0, 0.1) is 0 Å². The second-order valence-corrected chi connectivity index (χ2v) is 5.13. The van der Waals surface area contributed by atoms with Gasteiger partial charge in [-0.15, -0.1) is 0 Å². The molecule has 6 heteroatoms. The molecular formula is C15H27N3O3. The number of ether oxygens (including phenoxy) is 1. The van der Waals surface area contributed by atoms with Crippen LogP contribution >= 0.6 is 0 Å². The molecule has 0 spiro atoms. The first kappa shape index (κ1) is 17.7. The van der Waals surface area contributed by atoms with Gasteiger partial charge in [-0.1, -0.05) is 25.1 Å². The third kappa shape index (κ3) is 7.24. The predicted octanol–water partition coefficient (Wildman–Crippen LogP) is 1.18. The first-order chi connectivity index (χ1) is 10.2. The van der Waals surface area contributed by atoms with Crippen LogP contribution in [0.1, 0.15) is 26.7 Å². The number of morpholine rings is 1. The molecule has 1 aliphatic heterocycles. The molecule has 1 fully saturated rings. The molecule has 6 nitrogen and oxygen atoms in total. The van der Waals surface area contributed by atoms with Crippen molar-refractivity contribution in [3.63, 3.8) is 0 Å². The van der Waals surface area contributed by atoms with Crippen LogP contribution in [0.15, 0.2) is 17.8 Å². The second-order valence-electron chi connectivity index (χ2n) is 5.13. The molecule has 1 atom stereocenters. The second kappa shape index (κ2) is 10.3. The molecule has 0 aromatic rings. The average molecular weight is 297 g/mol. The van der Waals surface area contributed by atoms with Crippen molar-refractivity contribution in [1.82, 2.24) is 10.2 Å². The number of carbonyl (C=O) groups excluding carboxylic acids is 1. The van der Waals surface area contributed by atoms with Gasteiger partial charge in [0.05, 0.1) is 13.2 Å². The van der Waals surface area contributed by atoms with Gasteiger partial charge in [0, 0.05) is 25.7 Å². The van der Waals surface area contributed by atoms with Crippen molar-refractivity contribution in [2.45, 2.75) is 32.7 Å². The van der Waals surface area contributed by atoms with Crippen LogP contribution < -0.4 is 5.32 Å². The van der Waals surface area contributed by atoms with Crippen molar-refractivity contribution in [1.29, 1.82) is 0 Å². The van der Waals surface area contributed by atoms with Crippen molar-refractivity contribution in [2.75, 3.05) is 39.5 Å². The van der Waals surface area contributed by atoms with Gasteiger partial charge in [0.15, 0.2) is 5.71 Å². The lowest BCUT2D eigenvalue weighted by molar-refractivity contribution is -0.115. The molecule has 120 valence electrons. The van der Waals surface area contributed by atoms with E-state index in [-0.39, 0.29) is 17.7 Å². The highest BCUT2D eigenvalue weighted by atomic mass is 16.6. The Balaban J connectivity index is 2.29. The van der Waals surface area contributed by atoms with Gasteiger partial charge in [-0.25, -0.2) is 0 Å². The summed E-state index contributed by atoms with van der Waals surface area (Å²) in [7, 11) is 0. The quantitative estimate of drug-likeness (QED) is 0.394. The van der Waals surface area contributed by atoms with E-state index in [1.54, 1.807) is 0 Å². The van der Waals surface area contributed by atoms with E-state index in [9.17, 15) is 4.79 Å². The van der Waals surface area contributed by atoms with Crippen molar-refractivity contribution in [3.05, 3.63) is 12.7 Å². The molecule has 0 aliphatic carbocycles. The van der Waals surface area contributed by atoms with E-state index < -0.39 is 0 Å². The smallest absolute Gasteiger partial charge is 0.273 e. The number of carbonyl (C=O) groups is 1.